The van der Waals surface area contributed by atoms with Gasteiger partial charge in [-0.25, -0.2) is 8.42 Å². The Labute approximate surface area is 166 Å². The molecule has 2 rings (SSSR count). The summed E-state index contributed by atoms with van der Waals surface area (Å²) in [4.78, 5) is 24.1. The van der Waals surface area contributed by atoms with E-state index in [9.17, 15) is 18.0 Å². The van der Waals surface area contributed by atoms with Crippen molar-refractivity contribution in [1.82, 2.24) is 0 Å². The molecule has 0 saturated carbocycles. The number of benzene rings is 2. The first-order chi connectivity index (χ1) is 13.3. The van der Waals surface area contributed by atoms with Crippen molar-refractivity contribution in [3.05, 3.63) is 65.2 Å². The number of carbonyl (C=O) groups is 2. The second-order valence-corrected chi connectivity index (χ2v) is 8.88. The fraction of sp³-hybridized carbons (Fsp3) is 0.364. The lowest BCUT2D eigenvalue weighted by molar-refractivity contribution is -0.142. The van der Waals surface area contributed by atoms with Crippen LogP contribution in [0.1, 0.15) is 47.7 Å². The highest BCUT2D eigenvalue weighted by Gasteiger charge is 2.18. The summed E-state index contributed by atoms with van der Waals surface area (Å²) in [7, 11) is -3.56. The second-order valence-electron chi connectivity index (χ2n) is 6.77. The molecule has 0 amide bonds. The molecular formula is C22H26O5S. The average Bonchev–Trinajstić information content (AvgIpc) is 2.69. The van der Waals surface area contributed by atoms with Crippen LogP contribution in [0.2, 0.25) is 0 Å². The second kappa shape index (κ2) is 10.2. The van der Waals surface area contributed by atoms with Crippen LogP contribution in [0.15, 0.2) is 53.4 Å². The molecule has 0 aliphatic carbocycles. The van der Waals surface area contributed by atoms with E-state index in [2.05, 4.69) is 6.92 Å². The number of ketones is 1. The van der Waals surface area contributed by atoms with Gasteiger partial charge in [-0.2, -0.15) is 0 Å². The topological polar surface area (TPSA) is 77.5 Å². The molecule has 0 radical (unpaired) electrons. The van der Waals surface area contributed by atoms with E-state index < -0.39 is 22.4 Å². The fourth-order valence-electron chi connectivity index (χ4n) is 2.62. The van der Waals surface area contributed by atoms with Crippen molar-refractivity contribution in [3.8, 4) is 0 Å². The third kappa shape index (κ3) is 6.60. The fourth-order valence-corrected chi connectivity index (χ4v) is 3.84. The van der Waals surface area contributed by atoms with Crippen LogP contribution in [0.4, 0.5) is 0 Å². The van der Waals surface area contributed by atoms with Crippen molar-refractivity contribution in [2.75, 3.05) is 12.4 Å². The summed E-state index contributed by atoms with van der Waals surface area (Å²) in [5.41, 5.74) is 2.59. The summed E-state index contributed by atoms with van der Waals surface area (Å²) in [5, 5.41) is 0. The van der Waals surface area contributed by atoms with Crippen molar-refractivity contribution < 1.29 is 22.7 Å². The molecule has 0 fully saturated rings. The van der Waals surface area contributed by atoms with Gasteiger partial charge in [-0.15, -0.1) is 0 Å². The maximum atomic E-state index is 12.2. The van der Waals surface area contributed by atoms with Gasteiger partial charge in [-0.05, 0) is 37.5 Å². The monoisotopic (exact) mass is 402 g/mol. The van der Waals surface area contributed by atoms with Gasteiger partial charge in [-0.1, -0.05) is 55.3 Å². The largest absolute Gasteiger partial charge is 0.457 e. The van der Waals surface area contributed by atoms with Gasteiger partial charge in [0.1, 0.15) is 0 Å². The Bertz CT molecular complexity index is 897. The predicted molar refractivity (Wildman–Crippen MR) is 108 cm³/mol. The number of hydrogen-bond donors (Lipinski definition) is 0. The van der Waals surface area contributed by atoms with Gasteiger partial charge in [0, 0.05) is 5.56 Å². The number of unbranched alkanes of at least 4 members (excludes halogenated alkanes) is 1. The summed E-state index contributed by atoms with van der Waals surface area (Å²) >= 11 is 0. The zero-order valence-electron chi connectivity index (χ0n) is 16.3. The number of Topliss-reactive ketones (excluding diaryl/α,β-unsaturated/α-hetero) is 1. The number of esters is 1. The highest BCUT2D eigenvalue weighted by Crippen LogP contribution is 2.13. The smallest absolute Gasteiger partial charge is 0.307 e. The van der Waals surface area contributed by atoms with Crippen molar-refractivity contribution in [2.24, 2.45) is 0 Å². The third-order valence-corrected chi connectivity index (χ3v) is 6.15. The minimum atomic E-state index is -3.56. The van der Waals surface area contributed by atoms with Crippen LogP contribution < -0.4 is 0 Å². The summed E-state index contributed by atoms with van der Waals surface area (Å²) < 4.78 is 29.4. The normalized spacial score (nSPS) is 11.2. The Kier molecular flexibility index (Phi) is 7.93. The molecular weight excluding hydrogens is 376 g/mol. The lowest BCUT2D eigenvalue weighted by atomic mass is 10.0. The SMILES string of the molecule is CCCCc1ccc(C(=O)COC(=O)CCS(=O)(=O)c2ccc(C)cc2)cc1. The lowest BCUT2D eigenvalue weighted by Crippen LogP contribution is -2.17. The Morgan fingerprint density at radius 3 is 2.21 bits per heavy atom. The number of carbonyl (C=O) groups excluding carboxylic acids is 2. The molecule has 0 bridgehead atoms. The average molecular weight is 403 g/mol. The molecule has 0 unspecified atom stereocenters. The number of hydrogen-bond acceptors (Lipinski definition) is 5. The minimum Gasteiger partial charge on any atom is -0.457 e. The van der Waals surface area contributed by atoms with Crippen LogP contribution in [0.25, 0.3) is 0 Å². The van der Waals surface area contributed by atoms with E-state index in [0.29, 0.717) is 5.56 Å². The zero-order valence-corrected chi connectivity index (χ0v) is 17.1. The molecule has 0 N–H and O–H groups in total. The van der Waals surface area contributed by atoms with E-state index in [-0.39, 0.29) is 22.9 Å². The number of rotatable bonds is 10. The Balaban J connectivity index is 1.81. The van der Waals surface area contributed by atoms with Gasteiger partial charge in [0.25, 0.3) is 0 Å². The van der Waals surface area contributed by atoms with Crippen LogP contribution in [0.3, 0.4) is 0 Å². The minimum absolute atomic E-state index is 0.171. The number of sulfone groups is 1. The highest BCUT2D eigenvalue weighted by molar-refractivity contribution is 7.91. The van der Waals surface area contributed by atoms with E-state index >= 15 is 0 Å². The van der Waals surface area contributed by atoms with E-state index in [0.717, 1.165) is 30.4 Å². The van der Waals surface area contributed by atoms with Gasteiger partial charge < -0.3 is 4.74 Å². The quantitative estimate of drug-likeness (QED) is 0.444. The third-order valence-electron chi connectivity index (χ3n) is 4.41. The molecule has 0 saturated heterocycles. The maximum absolute atomic E-state index is 12.2. The predicted octanol–water partition coefficient (Wildman–Crippen LogP) is 3.93. The van der Waals surface area contributed by atoms with Crippen LogP contribution in [0.5, 0.6) is 0 Å². The lowest BCUT2D eigenvalue weighted by Gasteiger charge is -2.07. The van der Waals surface area contributed by atoms with Crippen molar-refractivity contribution in [2.45, 2.75) is 44.4 Å². The molecule has 150 valence electrons. The van der Waals surface area contributed by atoms with Crippen LogP contribution in [-0.2, 0) is 25.8 Å². The Morgan fingerprint density at radius 1 is 0.964 bits per heavy atom. The Hall–Kier alpha value is -2.47. The van der Waals surface area contributed by atoms with Gasteiger partial charge >= 0.3 is 5.97 Å². The van der Waals surface area contributed by atoms with Crippen LogP contribution in [-0.4, -0.2) is 32.5 Å². The molecule has 2 aromatic carbocycles. The molecule has 28 heavy (non-hydrogen) atoms. The summed E-state index contributed by atoms with van der Waals surface area (Å²) in [6.07, 6.45) is 2.88. The number of ether oxygens (including phenoxy) is 1. The van der Waals surface area contributed by atoms with Crippen LogP contribution in [0, 0.1) is 6.92 Å². The van der Waals surface area contributed by atoms with E-state index in [1.165, 1.54) is 12.1 Å². The molecule has 0 aliphatic rings. The van der Waals surface area contributed by atoms with E-state index in [1.807, 2.05) is 19.1 Å². The van der Waals surface area contributed by atoms with E-state index in [4.69, 9.17) is 4.74 Å². The molecule has 0 aliphatic heterocycles. The molecule has 2 aromatic rings. The highest BCUT2D eigenvalue weighted by atomic mass is 32.2. The van der Waals surface area contributed by atoms with Crippen molar-refractivity contribution >= 4 is 21.6 Å². The van der Waals surface area contributed by atoms with Crippen molar-refractivity contribution in [3.63, 3.8) is 0 Å². The molecule has 6 heteroatoms. The molecule has 0 spiro atoms. The van der Waals surface area contributed by atoms with Crippen LogP contribution >= 0.6 is 0 Å². The van der Waals surface area contributed by atoms with Gasteiger partial charge in [0.2, 0.25) is 0 Å². The zero-order chi connectivity index (χ0) is 20.6. The first-order valence-electron chi connectivity index (χ1n) is 9.39. The molecule has 0 aromatic heterocycles. The van der Waals surface area contributed by atoms with Gasteiger partial charge in [0.15, 0.2) is 22.2 Å². The molecule has 0 atom stereocenters. The maximum Gasteiger partial charge on any atom is 0.307 e. The van der Waals surface area contributed by atoms with Crippen molar-refractivity contribution in [1.29, 1.82) is 0 Å². The number of aryl methyl sites for hydroxylation is 2. The summed E-state index contributed by atoms with van der Waals surface area (Å²) in [6.45, 7) is 3.60. The van der Waals surface area contributed by atoms with Gasteiger partial charge in [-0.3, -0.25) is 9.59 Å². The summed E-state index contributed by atoms with van der Waals surface area (Å²) in [5.74, 6) is -1.37. The van der Waals surface area contributed by atoms with E-state index in [1.54, 1.807) is 24.3 Å². The Morgan fingerprint density at radius 2 is 1.61 bits per heavy atom. The molecule has 5 nitrogen and oxygen atoms in total. The molecule has 0 heterocycles. The first kappa shape index (κ1) is 21.8. The van der Waals surface area contributed by atoms with Gasteiger partial charge in [0.05, 0.1) is 17.1 Å². The summed E-state index contributed by atoms with van der Waals surface area (Å²) in [6, 6.07) is 13.7. The first-order valence-corrected chi connectivity index (χ1v) is 11.0. The standard InChI is InChI=1S/C22H26O5S/c1-3-4-5-18-8-10-19(11-9-18)21(23)16-27-22(24)14-15-28(25,26)20-12-6-17(2)7-13-20/h6-13H,3-5,14-16H2,1-2H3.